The van der Waals surface area contributed by atoms with Gasteiger partial charge in [0.25, 0.3) is 5.91 Å². The minimum atomic E-state index is -3.47. The van der Waals surface area contributed by atoms with Gasteiger partial charge in [-0.05, 0) is 91.3 Å². The number of carbonyl (C=O) groups excluding carboxylic acids is 2. The summed E-state index contributed by atoms with van der Waals surface area (Å²) < 4.78 is 44.7. The molecule has 2 aromatic carbocycles. The molecule has 1 aromatic heterocycles. The summed E-state index contributed by atoms with van der Waals surface area (Å²) in [7, 11) is 2.97. The van der Waals surface area contributed by atoms with E-state index in [-0.39, 0.29) is 46.1 Å². The van der Waals surface area contributed by atoms with Crippen molar-refractivity contribution in [1.82, 2.24) is 9.78 Å². The SMILES string of the molecule is COc1nn(C)cc1C(=O)C[S@@]1(=O)=NC(=O)c2ccc3c(c2)N(C[C@@H]2CC[C@H]2[C@@H](OC)/C=C/[C@H](OC)[C@H](C)C1)C[C@@]1(CCCc2cc(Cl)ccc21)CO3. The monoisotopic (exact) mass is 764 g/mol. The Morgan fingerprint density at radius 3 is 2.62 bits per heavy atom. The average molecular weight is 765 g/mol. The van der Waals surface area contributed by atoms with Crippen molar-refractivity contribution in [3.8, 4) is 11.6 Å². The molecule has 1 saturated carbocycles. The number of benzene rings is 2. The summed E-state index contributed by atoms with van der Waals surface area (Å²) in [4.78, 5) is 30.3. The number of hydrogen-bond donors (Lipinski definition) is 0. The molecule has 4 aliphatic rings. The predicted octanol–water partition coefficient (Wildman–Crippen LogP) is 6.31. The quantitative estimate of drug-likeness (QED) is 0.210. The third kappa shape index (κ3) is 7.52. The molecule has 1 amide bonds. The van der Waals surface area contributed by atoms with Gasteiger partial charge in [-0.3, -0.25) is 14.3 Å². The van der Waals surface area contributed by atoms with Crippen LogP contribution in [0.1, 0.15) is 64.4 Å². The van der Waals surface area contributed by atoms with Gasteiger partial charge in [0.15, 0.2) is 5.78 Å². The molecule has 7 rings (SSSR count). The van der Waals surface area contributed by atoms with Crippen LogP contribution in [0.5, 0.6) is 11.6 Å². The number of fused-ring (bicyclic) bond motifs is 4. The van der Waals surface area contributed by atoms with Gasteiger partial charge in [0.1, 0.15) is 11.3 Å². The number of ether oxygens (including phenoxy) is 4. The number of methoxy groups -OCH3 is 3. The van der Waals surface area contributed by atoms with Crippen LogP contribution >= 0.6 is 11.6 Å². The molecule has 2 bridgehead atoms. The smallest absolute Gasteiger partial charge is 0.285 e. The zero-order valence-corrected chi connectivity index (χ0v) is 32.7. The van der Waals surface area contributed by atoms with E-state index in [0.717, 1.165) is 49.4 Å². The van der Waals surface area contributed by atoms with Crippen molar-refractivity contribution >= 4 is 38.7 Å². The molecule has 284 valence electrons. The first kappa shape index (κ1) is 37.6. The number of amides is 1. The fraction of sp³-hybridized carbons (Fsp3) is 0.525. The molecular weight excluding hydrogens is 716 g/mol. The van der Waals surface area contributed by atoms with Crippen molar-refractivity contribution in [1.29, 1.82) is 0 Å². The first-order valence-electron chi connectivity index (χ1n) is 18.4. The second-order valence-corrected chi connectivity index (χ2v) is 18.0. The first-order valence-corrected chi connectivity index (χ1v) is 20.6. The predicted molar refractivity (Wildman–Crippen MR) is 205 cm³/mol. The van der Waals surface area contributed by atoms with E-state index >= 15 is 0 Å². The molecule has 53 heavy (non-hydrogen) atoms. The number of ketones is 1. The number of Topliss-reactive ketones (excluding diaryl/α,β-unsaturated/α-hetero) is 1. The van der Waals surface area contributed by atoms with Crippen LogP contribution < -0.4 is 14.4 Å². The fourth-order valence-electron chi connectivity index (χ4n) is 8.83. The fourth-order valence-corrected chi connectivity index (χ4v) is 11.3. The summed E-state index contributed by atoms with van der Waals surface area (Å²) >= 11 is 6.47. The highest BCUT2D eigenvalue weighted by molar-refractivity contribution is 7.94. The minimum Gasteiger partial charge on any atom is -0.490 e. The number of nitrogens with zero attached hydrogens (tertiary/aromatic N) is 4. The lowest BCUT2D eigenvalue weighted by atomic mass is 9.68. The van der Waals surface area contributed by atoms with Crippen LogP contribution in [0.25, 0.3) is 0 Å². The van der Waals surface area contributed by atoms with Gasteiger partial charge in [0.05, 0.1) is 47.1 Å². The molecule has 0 saturated heterocycles. The molecule has 3 heterocycles. The van der Waals surface area contributed by atoms with Crippen LogP contribution in [0.15, 0.2) is 59.1 Å². The summed E-state index contributed by atoms with van der Waals surface area (Å²) in [6, 6.07) is 11.5. The molecule has 0 unspecified atom stereocenters. The van der Waals surface area contributed by atoms with Crippen LogP contribution in [0.3, 0.4) is 0 Å². The van der Waals surface area contributed by atoms with Gasteiger partial charge in [-0.2, -0.15) is 4.36 Å². The molecule has 11 nitrogen and oxygen atoms in total. The summed E-state index contributed by atoms with van der Waals surface area (Å²) in [5, 5.41) is 4.92. The second kappa shape index (κ2) is 15.2. The van der Waals surface area contributed by atoms with Crippen molar-refractivity contribution in [3.05, 3.63) is 82.0 Å². The van der Waals surface area contributed by atoms with E-state index in [0.29, 0.717) is 24.8 Å². The standard InChI is InChI=1S/C40H49ClN4O7S/c1-25-21-53(48,22-34(46)31-20-44(2)42-39(31)51-5)43-38(47)27-9-13-37-33(18-27)45(19-28-8-11-30(28)36(50-4)15-14-35(25)49-3)23-40(24-52-37)16-6-7-26-17-29(41)10-12-32(26)40/h9-10,12-15,17-18,20,25,28,30,35-36H,6-8,11,16,19,21-24H2,1-5H3/b15-14+/t25-,28+,30-,35+,36+,40+,53-/m1/s1. The molecule has 0 radical (unpaired) electrons. The van der Waals surface area contributed by atoms with Crippen molar-refractivity contribution in [3.63, 3.8) is 0 Å². The number of halogens is 1. The molecule has 13 heteroatoms. The minimum absolute atomic E-state index is 0.0499. The topological polar surface area (TPSA) is 122 Å². The zero-order chi connectivity index (χ0) is 37.5. The Kier molecular flexibility index (Phi) is 10.8. The number of aromatic nitrogens is 2. The van der Waals surface area contributed by atoms with Crippen molar-refractivity contribution in [2.24, 2.45) is 29.2 Å². The van der Waals surface area contributed by atoms with Crippen LogP contribution in [-0.4, -0.2) is 90.4 Å². The Bertz CT molecular complexity index is 2040. The highest BCUT2D eigenvalue weighted by Gasteiger charge is 2.44. The van der Waals surface area contributed by atoms with E-state index in [1.165, 1.54) is 29.1 Å². The lowest BCUT2D eigenvalue weighted by Gasteiger charge is -2.46. The van der Waals surface area contributed by atoms with Crippen LogP contribution in [0.2, 0.25) is 5.02 Å². The Balaban J connectivity index is 1.33. The molecular formula is C40H49ClN4O7S. The number of rotatable bonds is 6. The lowest BCUT2D eigenvalue weighted by Crippen LogP contribution is -2.49. The van der Waals surface area contributed by atoms with E-state index in [2.05, 4.69) is 32.6 Å². The Labute approximate surface area is 317 Å². The number of hydrogen-bond acceptors (Lipinski definition) is 9. The third-order valence-corrected chi connectivity index (χ3v) is 14.1. The Morgan fingerprint density at radius 1 is 1.09 bits per heavy atom. The lowest BCUT2D eigenvalue weighted by molar-refractivity contribution is 0.0120. The number of anilines is 1. The molecule has 1 fully saturated rings. The molecule has 7 atom stereocenters. The molecule has 3 aromatic rings. The number of carbonyl (C=O) groups is 2. The van der Waals surface area contributed by atoms with E-state index in [1.807, 2.05) is 31.2 Å². The average Bonchev–Trinajstić information content (AvgIpc) is 3.44. The Hall–Kier alpha value is -3.71. The summed E-state index contributed by atoms with van der Waals surface area (Å²) in [6.07, 6.45) is 9.96. The van der Waals surface area contributed by atoms with E-state index in [4.69, 9.17) is 30.5 Å². The van der Waals surface area contributed by atoms with Gasteiger partial charge in [-0.1, -0.05) is 36.7 Å². The summed E-state index contributed by atoms with van der Waals surface area (Å²) in [6.45, 7) is 3.83. The maximum Gasteiger partial charge on any atom is 0.285 e. The zero-order valence-electron chi connectivity index (χ0n) is 31.1. The highest BCUT2D eigenvalue weighted by atomic mass is 35.5. The van der Waals surface area contributed by atoms with E-state index in [9.17, 15) is 13.8 Å². The van der Waals surface area contributed by atoms with Crippen LogP contribution in [-0.2, 0) is 38.1 Å². The van der Waals surface area contributed by atoms with Gasteiger partial charge < -0.3 is 23.8 Å². The Morgan fingerprint density at radius 2 is 1.89 bits per heavy atom. The summed E-state index contributed by atoms with van der Waals surface area (Å²) in [5.41, 5.74) is 3.50. The third-order valence-electron chi connectivity index (χ3n) is 11.7. The summed E-state index contributed by atoms with van der Waals surface area (Å²) in [5.74, 6) is -0.586. The van der Waals surface area contributed by atoms with Gasteiger partial charge >= 0.3 is 0 Å². The van der Waals surface area contributed by atoms with Crippen molar-refractivity contribution in [2.75, 3.05) is 57.4 Å². The van der Waals surface area contributed by atoms with Gasteiger partial charge in [-0.25, -0.2) is 4.21 Å². The largest absolute Gasteiger partial charge is 0.490 e. The van der Waals surface area contributed by atoms with Crippen LogP contribution in [0.4, 0.5) is 5.69 Å². The normalized spacial score (nSPS) is 30.6. The second-order valence-electron chi connectivity index (χ2n) is 15.2. The van der Waals surface area contributed by atoms with Gasteiger partial charge in [-0.15, -0.1) is 5.10 Å². The molecule has 2 aliphatic carbocycles. The maximum absolute atomic E-state index is 14.9. The van der Waals surface area contributed by atoms with E-state index in [1.54, 1.807) is 27.3 Å². The van der Waals surface area contributed by atoms with Crippen LogP contribution in [0, 0.1) is 17.8 Å². The highest BCUT2D eigenvalue weighted by Crippen LogP contribution is 2.47. The first-order chi connectivity index (χ1) is 25.4. The molecule has 1 spiro atoms. The maximum atomic E-state index is 14.9. The molecule has 0 N–H and O–H groups in total. The van der Waals surface area contributed by atoms with Crippen molar-refractivity contribution in [2.45, 2.75) is 56.7 Å². The van der Waals surface area contributed by atoms with Gasteiger partial charge in [0, 0.05) is 62.3 Å². The van der Waals surface area contributed by atoms with E-state index < -0.39 is 33.3 Å². The number of aryl methyl sites for hydroxylation is 2. The van der Waals surface area contributed by atoms with Gasteiger partial charge in [0.2, 0.25) is 5.88 Å². The van der Waals surface area contributed by atoms with Crippen molar-refractivity contribution < 1.29 is 32.7 Å². The molecule has 2 aliphatic heterocycles.